The van der Waals surface area contributed by atoms with Crippen LogP contribution in [-0.2, 0) is 9.53 Å². The molecule has 1 atom stereocenters. The number of likely N-dealkylation sites (N-methyl/N-ethyl adjacent to an activating group) is 1. The van der Waals surface area contributed by atoms with Gasteiger partial charge in [0.15, 0.2) is 0 Å². The van der Waals surface area contributed by atoms with Crippen molar-refractivity contribution in [2.75, 3.05) is 25.1 Å². The summed E-state index contributed by atoms with van der Waals surface area (Å²) < 4.78 is 5.54. The van der Waals surface area contributed by atoms with Gasteiger partial charge in [-0.2, -0.15) is 0 Å². The number of halogens is 1. The Morgan fingerprint density at radius 1 is 1.34 bits per heavy atom. The summed E-state index contributed by atoms with van der Waals surface area (Å²) in [5.41, 5.74) is 2.13. The van der Waals surface area contributed by atoms with E-state index in [1.807, 2.05) is 30.3 Å². The average molecular weight is 429 g/mol. The third kappa shape index (κ3) is 4.50. The lowest BCUT2D eigenvalue weighted by Crippen LogP contribution is -2.33. The highest BCUT2D eigenvalue weighted by atomic mass is 35.5. The second kappa shape index (κ2) is 8.61. The lowest BCUT2D eigenvalue weighted by atomic mass is 10.1. The molecule has 1 fully saturated rings. The number of nitrogens with one attached hydrogen (secondary N) is 1. The highest BCUT2D eigenvalue weighted by Gasteiger charge is 2.27. The van der Waals surface area contributed by atoms with Crippen molar-refractivity contribution in [2.45, 2.75) is 23.8 Å². The van der Waals surface area contributed by atoms with Crippen molar-refractivity contribution in [3.8, 4) is 0 Å². The Labute approximate surface area is 179 Å². The van der Waals surface area contributed by atoms with Gasteiger partial charge < -0.3 is 15.0 Å². The molecule has 2 aromatic rings. The summed E-state index contributed by atoms with van der Waals surface area (Å²) in [6.07, 6.45) is 3.94. The van der Waals surface area contributed by atoms with E-state index in [1.54, 1.807) is 30.1 Å². The van der Waals surface area contributed by atoms with E-state index in [0.717, 1.165) is 35.6 Å². The Morgan fingerprint density at radius 2 is 2.21 bits per heavy atom. The van der Waals surface area contributed by atoms with Crippen molar-refractivity contribution >= 4 is 46.9 Å². The first kappa shape index (κ1) is 20.0. The van der Waals surface area contributed by atoms with E-state index in [0.29, 0.717) is 22.0 Å². The molecule has 0 bridgehead atoms. The normalized spacial score (nSPS) is 20.1. The number of hydrogen-bond donors (Lipinski definition) is 1. The predicted molar refractivity (Wildman–Crippen MR) is 116 cm³/mol. The molecule has 2 amide bonds. The summed E-state index contributed by atoms with van der Waals surface area (Å²) >= 11 is 7.44. The van der Waals surface area contributed by atoms with E-state index in [-0.39, 0.29) is 17.9 Å². The first-order chi connectivity index (χ1) is 14.0. The predicted octanol–water partition coefficient (Wildman–Crippen LogP) is 4.36. The molecule has 5 nitrogen and oxygen atoms in total. The number of rotatable bonds is 4. The zero-order chi connectivity index (χ0) is 20.4. The molecular formula is C22H21ClN2O3S. The molecule has 0 radical (unpaired) electrons. The number of hydrogen-bond acceptors (Lipinski definition) is 4. The van der Waals surface area contributed by atoms with Crippen molar-refractivity contribution in [1.82, 2.24) is 5.32 Å². The van der Waals surface area contributed by atoms with Crippen LogP contribution in [0.25, 0.3) is 6.08 Å². The van der Waals surface area contributed by atoms with Gasteiger partial charge in [0, 0.05) is 35.7 Å². The van der Waals surface area contributed by atoms with Crippen LogP contribution in [-0.4, -0.2) is 38.1 Å². The molecule has 29 heavy (non-hydrogen) atoms. The monoisotopic (exact) mass is 428 g/mol. The highest BCUT2D eigenvalue weighted by molar-refractivity contribution is 8.04. The molecule has 4 rings (SSSR count). The molecule has 0 aliphatic carbocycles. The fourth-order valence-corrected chi connectivity index (χ4v) is 4.69. The summed E-state index contributed by atoms with van der Waals surface area (Å²) in [7, 11) is 1.72. The van der Waals surface area contributed by atoms with Gasteiger partial charge in [0.1, 0.15) is 0 Å². The second-order valence-corrected chi connectivity index (χ2v) is 8.58. The van der Waals surface area contributed by atoms with Crippen molar-refractivity contribution < 1.29 is 14.3 Å². The number of benzene rings is 2. The Kier molecular flexibility index (Phi) is 5.94. The van der Waals surface area contributed by atoms with Crippen LogP contribution in [0.15, 0.2) is 52.3 Å². The molecule has 2 aromatic carbocycles. The first-order valence-electron chi connectivity index (χ1n) is 9.48. The van der Waals surface area contributed by atoms with Crippen LogP contribution in [0.5, 0.6) is 0 Å². The fourth-order valence-electron chi connectivity index (χ4n) is 3.40. The van der Waals surface area contributed by atoms with Crippen LogP contribution < -0.4 is 10.2 Å². The van der Waals surface area contributed by atoms with Crippen LogP contribution >= 0.6 is 23.4 Å². The number of carbonyl (C=O) groups is 2. The van der Waals surface area contributed by atoms with Gasteiger partial charge in [-0.1, -0.05) is 35.5 Å². The molecular weight excluding hydrogens is 408 g/mol. The van der Waals surface area contributed by atoms with Crippen molar-refractivity contribution in [1.29, 1.82) is 0 Å². The van der Waals surface area contributed by atoms with E-state index >= 15 is 0 Å². The minimum atomic E-state index is -0.158. The lowest BCUT2D eigenvalue weighted by Gasteiger charge is -2.27. The topological polar surface area (TPSA) is 58.6 Å². The number of thioether (sulfide) groups is 1. The Hall–Kier alpha value is -2.28. The molecule has 1 N–H and O–H groups in total. The largest absolute Gasteiger partial charge is 0.376 e. The minimum Gasteiger partial charge on any atom is -0.376 e. The summed E-state index contributed by atoms with van der Waals surface area (Å²) in [5, 5.41) is 3.55. The van der Waals surface area contributed by atoms with Crippen molar-refractivity contribution in [2.24, 2.45) is 0 Å². The van der Waals surface area contributed by atoms with Crippen LogP contribution in [0, 0.1) is 0 Å². The Morgan fingerprint density at radius 3 is 2.97 bits per heavy atom. The highest BCUT2D eigenvalue weighted by Crippen LogP contribution is 2.42. The summed E-state index contributed by atoms with van der Waals surface area (Å²) in [6.45, 7) is 1.26. The third-order valence-corrected chi connectivity index (χ3v) is 6.29. The molecule has 0 unspecified atom stereocenters. The maximum Gasteiger partial charge on any atom is 0.264 e. The van der Waals surface area contributed by atoms with Gasteiger partial charge in [-0.3, -0.25) is 9.59 Å². The van der Waals surface area contributed by atoms with Gasteiger partial charge in [-0.25, -0.2) is 0 Å². The lowest BCUT2D eigenvalue weighted by molar-refractivity contribution is -0.114. The number of anilines is 1. The van der Waals surface area contributed by atoms with Crippen LogP contribution in [0.3, 0.4) is 0 Å². The minimum absolute atomic E-state index is 0.0931. The third-order valence-electron chi connectivity index (χ3n) is 4.98. The zero-order valence-electron chi connectivity index (χ0n) is 16.0. The van der Waals surface area contributed by atoms with Crippen molar-refractivity contribution in [3.63, 3.8) is 0 Å². The maximum atomic E-state index is 12.8. The van der Waals surface area contributed by atoms with Gasteiger partial charge in [0.2, 0.25) is 0 Å². The summed E-state index contributed by atoms with van der Waals surface area (Å²) in [5.74, 6) is -0.270. The van der Waals surface area contributed by atoms with Crippen molar-refractivity contribution in [3.05, 3.63) is 63.5 Å². The Balaban J connectivity index is 1.53. The van der Waals surface area contributed by atoms with E-state index < -0.39 is 0 Å². The van der Waals surface area contributed by atoms with Gasteiger partial charge in [-0.05, 0) is 54.8 Å². The van der Waals surface area contributed by atoms with E-state index in [1.165, 1.54) is 11.8 Å². The average Bonchev–Trinajstić information content (AvgIpc) is 3.23. The van der Waals surface area contributed by atoms with E-state index in [9.17, 15) is 9.59 Å². The van der Waals surface area contributed by atoms with Gasteiger partial charge >= 0.3 is 0 Å². The Bertz CT molecular complexity index is 986. The van der Waals surface area contributed by atoms with Gasteiger partial charge in [0.05, 0.1) is 16.7 Å². The van der Waals surface area contributed by atoms with E-state index in [2.05, 4.69) is 5.32 Å². The number of ether oxygens (including phenoxy) is 1. The molecule has 0 aromatic heterocycles. The van der Waals surface area contributed by atoms with Gasteiger partial charge in [-0.15, -0.1) is 0 Å². The maximum absolute atomic E-state index is 12.8. The second-order valence-electron chi connectivity index (χ2n) is 7.06. The van der Waals surface area contributed by atoms with Crippen LogP contribution in [0.2, 0.25) is 5.02 Å². The molecule has 7 heteroatoms. The van der Waals surface area contributed by atoms with Gasteiger partial charge in [0.25, 0.3) is 11.8 Å². The smallest absolute Gasteiger partial charge is 0.264 e. The zero-order valence-corrected chi connectivity index (χ0v) is 17.6. The molecule has 0 saturated carbocycles. The molecule has 2 aliphatic rings. The quantitative estimate of drug-likeness (QED) is 0.735. The summed E-state index contributed by atoms with van der Waals surface area (Å²) in [4.78, 5) is 28.5. The number of nitrogens with zero attached hydrogens (tertiary/aromatic N) is 1. The standard InChI is InChI=1S/C22H21ClN2O3S/c1-25-18-12-15(21(26)24-13-17-6-3-9-28-17)7-8-19(18)29-20(22(25)27)11-14-4-2-5-16(23)10-14/h2,4-5,7-8,10-12,17H,3,6,9,13H2,1H3,(H,24,26)/b20-11-/t17-/m0/s1. The SMILES string of the molecule is CN1C(=O)/C(=C/c2cccc(Cl)c2)Sc2ccc(C(=O)NC[C@@H]3CCCO3)cc21. The van der Waals surface area contributed by atoms with E-state index in [4.69, 9.17) is 16.3 Å². The molecule has 2 aliphatic heterocycles. The fraction of sp³-hybridized carbons (Fsp3) is 0.273. The number of amides is 2. The molecule has 150 valence electrons. The van der Waals surface area contributed by atoms with Crippen LogP contribution in [0.4, 0.5) is 5.69 Å². The van der Waals surface area contributed by atoms with Crippen LogP contribution in [0.1, 0.15) is 28.8 Å². The first-order valence-corrected chi connectivity index (χ1v) is 10.7. The molecule has 0 spiro atoms. The molecule has 2 heterocycles. The summed E-state index contributed by atoms with van der Waals surface area (Å²) in [6, 6.07) is 12.8. The number of fused-ring (bicyclic) bond motifs is 1. The number of carbonyl (C=O) groups excluding carboxylic acids is 2. The molecule has 1 saturated heterocycles.